The molecule has 3 unspecified atom stereocenters. The van der Waals surface area contributed by atoms with Gasteiger partial charge in [0.05, 0.1) is 16.0 Å². The van der Waals surface area contributed by atoms with E-state index in [0.29, 0.717) is 6.04 Å². The molecule has 1 saturated carbocycles. The fourth-order valence-corrected chi connectivity index (χ4v) is 4.19. The highest BCUT2D eigenvalue weighted by Gasteiger charge is 2.31. The Morgan fingerprint density at radius 2 is 2.00 bits per heavy atom. The second-order valence-electron chi connectivity index (χ2n) is 4.74. The van der Waals surface area contributed by atoms with Crippen LogP contribution in [-0.2, 0) is 10.8 Å². The lowest BCUT2D eigenvalue weighted by Gasteiger charge is -2.19. The summed E-state index contributed by atoms with van der Waals surface area (Å²) in [6, 6.07) is 8.54. The van der Waals surface area contributed by atoms with Gasteiger partial charge in [0.15, 0.2) is 0 Å². The van der Waals surface area contributed by atoms with Crippen LogP contribution in [0.4, 0.5) is 0 Å². The van der Waals surface area contributed by atoms with Crippen LogP contribution in [0.1, 0.15) is 31.7 Å². The maximum Gasteiger partial charge on any atom is 0.0576 e. The van der Waals surface area contributed by atoms with Crippen LogP contribution in [0, 0.1) is 6.92 Å². The zero-order valence-electron chi connectivity index (χ0n) is 10.6. The Balaban J connectivity index is 2.11. The molecular weight excluding hydrogens is 230 g/mol. The minimum atomic E-state index is -0.861. The first-order valence-electron chi connectivity index (χ1n) is 6.43. The molecule has 1 N–H and O–H groups in total. The third-order valence-electron chi connectivity index (χ3n) is 3.45. The summed E-state index contributed by atoms with van der Waals surface area (Å²) in [5, 5.41) is 3.75. The summed E-state index contributed by atoms with van der Waals surface area (Å²) in [5.74, 6) is 0. The highest BCUT2D eigenvalue weighted by molar-refractivity contribution is 7.85. The second kappa shape index (κ2) is 5.78. The zero-order chi connectivity index (χ0) is 12.3. The fourth-order valence-electron chi connectivity index (χ4n) is 2.53. The van der Waals surface area contributed by atoms with E-state index in [2.05, 4.69) is 19.2 Å². The summed E-state index contributed by atoms with van der Waals surface area (Å²) in [6.07, 6.45) is 3.44. The lowest BCUT2D eigenvalue weighted by molar-refractivity contribution is 0.541. The normalized spacial score (nSPS) is 26.0. The van der Waals surface area contributed by atoms with E-state index < -0.39 is 10.8 Å². The molecule has 2 rings (SSSR count). The summed E-state index contributed by atoms with van der Waals surface area (Å²) in [5.41, 5.74) is 1.22. The Kier molecular flexibility index (Phi) is 4.35. The summed E-state index contributed by atoms with van der Waals surface area (Å²) in [4.78, 5) is 0.977. The van der Waals surface area contributed by atoms with Crippen LogP contribution in [0.5, 0.6) is 0 Å². The molecule has 0 heterocycles. The Morgan fingerprint density at radius 1 is 1.29 bits per heavy atom. The lowest BCUT2D eigenvalue weighted by atomic mass is 10.2. The van der Waals surface area contributed by atoms with Gasteiger partial charge in [0.25, 0.3) is 0 Å². The maximum atomic E-state index is 12.5. The number of aryl methyl sites for hydroxylation is 1. The number of hydrogen-bond acceptors (Lipinski definition) is 2. The quantitative estimate of drug-likeness (QED) is 0.891. The summed E-state index contributed by atoms with van der Waals surface area (Å²) < 4.78 is 12.5. The van der Waals surface area contributed by atoms with Gasteiger partial charge in [0.2, 0.25) is 0 Å². The Bertz CT molecular complexity index is 388. The molecule has 0 amide bonds. The average Bonchev–Trinajstić information content (AvgIpc) is 2.78. The van der Waals surface area contributed by atoms with Crippen LogP contribution in [-0.4, -0.2) is 22.0 Å². The molecule has 0 bridgehead atoms. The van der Waals surface area contributed by atoms with Crippen LogP contribution in [0.3, 0.4) is 0 Å². The summed E-state index contributed by atoms with van der Waals surface area (Å²) in [6.45, 7) is 5.14. The van der Waals surface area contributed by atoms with Gasteiger partial charge < -0.3 is 5.32 Å². The first-order chi connectivity index (χ1) is 8.22. The standard InChI is InChI=1S/C14H21NOS/c1-3-15-13-5-4-6-14(13)17(16)12-9-7-11(2)8-10-12/h7-10,13-15H,3-6H2,1-2H3. The predicted octanol–water partition coefficient (Wildman–Crippen LogP) is 2.63. The molecular formula is C14H21NOS. The van der Waals surface area contributed by atoms with Crippen molar-refractivity contribution in [1.82, 2.24) is 5.32 Å². The van der Waals surface area contributed by atoms with Gasteiger partial charge in [0.1, 0.15) is 0 Å². The maximum absolute atomic E-state index is 12.5. The molecule has 1 aromatic carbocycles. The van der Waals surface area contributed by atoms with Gasteiger partial charge >= 0.3 is 0 Å². The molecule has 0 spiro atoms. The molecule has 1 fully saturated rings. The zero-order valence-corrected chi connectivity index (χ0v) is 11.4. The number of nitrogens with one attached hydrogen (secondary N) is 1. The molecule has 0 aromatic heterocycles. The Morgan fingerprint density at radius 3 is 2.65 bits per heavy atom. The van der Waals surface area contributed by atoms with Gasteiger partial charge in [-0.1, -0.05) is 31.0 Å². The van der Waals surface area contributed by atoms with E-state index in [1.807, 2.05) is 24.3 Å². The van der Waals surface area contributed by atoms with E-state index in [0.717, 1.165) is 24.3 Å². The largest absolute Gasteiger partial charge is 0.313 e. The monoisotopic (exact) mass is 251 g/mol. The average molecular weight is 251 g/mol. The highest BCUT2D eigenvalue weighted by Crippen LogP contribution is 2.27. The van der Waals surface area contributed by atoms with Gasteiger partial charge in [0, 0.05) is 10.9 Å². The topological polar surface area (TPSA) is 29.1 Å². The number of benzene rings is 1. The van der Waals surface area contributed by atoms with Crippen molar-refractivity contribution in [2.24, 2.45) is 0 Å². The van der Waals surface area contributed by atoms with Crippen LogP contribution in [0.15, 0.2) is 29.2 Å². The van der Waals surface area contributed by atoms with Gasteiger partial charge in [-0.15, -0.1) is 0 Å². The third-order valence-corrected chi connectivity index (χ3v) is 5.30. The van der Waals surface area contributed by atoms with Crippen molar-refractivity contribution in [3.63, 3.8) is 0 Å². The Hall–Kier alpha value is -0.670. The molecule has 1 aromatic rings. The lowest BCUT2D eigenvalue weighted by Crippen LogP contribution is -2.37. The van der Waals surface area contributed by atoms with Crippen molar-refractivity contribution in [3.8, 4) is 0 Å². The van der Waals surface area contributed by atoms with Gasteiger partial charge in [-0.05, 0) is 38.4 Å². The first-order valence-corrected chi connectivity index (χ1v) is 7.64. The van der Waals surface area contributed by atoms with Gasteiger partial charge in [-0.3, -0.25) is 4.21 Å². The van der Waals surface area contributed by atoms with Crippen LogP contribution < -0.4 is 5.32 Å². The van der Waals surface area contributed by atoms with Crippen molar-refractivity contribution in [1.29, 1.82) is 0 Å². The summed E-state index contributed by atoms with van der Waals surface area (Å²) in [7, 11) is -0.861. The molecule has 3 atom stereocenters. The van der Waals surface area contributed by atoms with E-state index >= 15 is 0 Å². The van der Waals surface area contributed by atoms with Crippen molar-refractivity contribution >= 4 is 10.8 Å². The molecule has 3 heteroatoms. The molecule has 1 aliphatic rings. The van der Waals surface area contributed by atoms with E-state index in [-0.39, 0.29) is 5.25 Å². The van der Waals surface area contributed by atoms with Crippen LogP contribution in [0.25, 0.3) is 0 Å². The molecule has 0 aliphatic heterocycles. The van der Waals surface area contributed by atoms with E-state index in [4.69, 9.17) is 0 Å². The second-order valence-corrected chi connectivity index (χ2v) is 6.42. The molecule has 94 valence electrons. The fraction of sp³-hybridized carbons (Fsp3) is 0.571. The predicted molar refractivity (Wildman–Crippen MR) is 72.7 cm³/mol. The van der Waals surface area contributed by atoms with Gasteiger partial charge in [-0.2, -0.15) is 0 Å². The van der Waals surface area contributed by atoms with E-state index in [9.17, 15) is 4.21 Å². The minimum Gasteiger partial charge on any atom is -0.313 e. The van der Waals surface area contributed by atoms with Crippen LogP contribution in [0.2, 0.25) is 0 Å². The van der Waals surface area contributed by atoms with Crippen LogP contribution >= 0.6 is 0 Å². The van der Waals surface area contributed by atoms with Gasteiger partial charge in [-0.25, -0.2) is 0 Å². The number of rotatable bonds is 4. The van der Waals surface area contributed by atoms with E-state index in [1.165, 1.54) is 12.0 Å². The SMILES string of the molecule is CCNC1CCCC1S(=O)c1ccc(C)cc1. The molecule has 1 aliphatic carbocycles. The molecule has 17 heavy (non-hydrogen) atoms. The minimum absolute atomic E-state index is 0.289. The Labute approximate surface area is 106 Å². The molecule has 0 radical (unpaired) electrons. The molecule has 2 nitrogen and oxygen atoms in total. The van der Waals surface area contributed by atoms with Crippen molar-refractivity contribution in [2.75, 3.05) is 6.54 Å². The molecule has 0 saturated heterocycles. The highest BCUT2D eigenvalue weighted by atomic mass is 32.2. The third kappa shape index (κ3) is 2.96. The first kappa shape index (κ1) is 12.8. The van der Waals surface area contributed by atoms with E-state index in [1.54, 1.807) is 0 Å². The number of hydrogen-bond donors (Lipinski definition) is 1. The van der Waals surface area contributed by atoms with Crippen molar-refractivity contribution in [2.45, 2.75) is 49.3 Å². The van der Waals surface area contributed by atoms with Crippen molar-refractivity contribution in [3.05, 3.63) is 29.8 Å². The smallest absolute Gasteiger partial charge is 0.0576 e. The summed E-state index contributed by atoms with van der Waals surface area (Å²) >= 11 is 0. The van der Waals surface area contributed by atoms with Crippen molar-refractivity contribution < 1.29 is 4.21 Å².